The molecule has 2 aliphatic heterocycles. The van der Waals surface area contributed by atoms with Crippen LogP contribution in [0.2, 0.25) is 0 Å². The first-order valence-corrected chi connectivity index (χ1v) is 10.2. The number of rotatable bonds is 3. The number of fused-ring (bicyclic) bond motifs is 3. The first kappa shape index (κ1) is 20.6. The SMILES string of the molecule is COc1ccc2[nH]c3c(c2c1)CCN([C@@H]1CC(=O)N(c2cccc(C(F)(F)F)c2)C1=O)C3. The Hall–Kier alpha value is -3.33. The van der Waals surface area contributed by atoms with E-state index < -0.39 is 29.6 Å². The molecule has 32 heavy (non-hydrogen) atoms. The number of H-pyrrole nitrogens is 1. The zero-order chi connectivity index (χ0) is 22.6. The minimum absolute atomic E-state index is 0.0484. The van der Waals surface area contributed by atoms with Gasteiger partial charge in [-0.2, -0.15) is 13.2 Å². The summed E-state index contributed by atoms with van der Waals surface area (Å²) in [6.45, 7) is 1.02. The van der Waals surface area contributed by atoms with Crippen molar-refractivity contribution in [3.63, 3.8) is 0 Å². The highest BCUT2D eigenvalue weighted by molar-refractivity contribution is 6.22. The van der Waals surface area contributed by atoms with E-state index in [0.29, 0.717) is 19.5 Å². The molecule has 3 aromatic rings. The lowest BCUT2D eigenvalue weighted by Gasteiger charge is -2.30. The summed E-state index contributed by atoms with van der Waals surface area (Å²) in [5.74, 6) is -0.225. The lowest BCUT2D eigenvalue weighted by molar-refractivity contribution is -0.137. The molecule has 9 heteroatoms. The van der Waals surface area contributed by atoms with Gasteiger partial charge >= 0.3 is 6.18 Å². The minimum atomic E-state index is -4.55. The zero-order valence-corrected chi connectivity index (χ0v) is 17.2. The molecule has 2 amide bonds. The Kier molecular flexibility index (Phi) is 4.74. The number of aromatic amines is 1. The van der Waals surface area contributed by atoms with Crippen molar-refractivity contribution in [2.75, 3.05) is 18.6 Å². The number of nitrogens with zero attached hydrogens (tertiary/aromatic N) is 2. The van der Waals surface area contributed by atoms with Gasteiger partial charge in [-0.1, -0.05) is 6.07 Å². The van der Waals surface area contributed by atoms with Gasteiger partial charge in [-0.3, -0.25) is 14.5 Å². The summed E-state index contributed by atoms with van der Waals surface area (Å²) in [4.78, 5) is 31.9. The number of benzene rings is 2. The van der Waals surface area contributed by atoms with Crippen molar-refractivity contribution in [1.82, 2.24) is 9.88 Å². The summed E-state index contributed by atoms with van der Waals surface area (Å²) in [7, 11) is 1.61. The number of amides is 2. The number of imide groups is 1. The van der Waals surface area contributed by atoms with Gasteiger partial charge in [0.2, 0.25) is 5.91 Å². The molecule has 3 heterocycles. The van der Waals surface area contributed by atoms with E-state index in [1.54, 1.807) is 7.11 Å². The molecule has 166 valence electrons. The van der Waals surface area contributed by atoms with Crippen LogP contribution in [0.25, 0.3) is 10.9 Å². The van der Waals surface area contributed by atoms with Crippen LogP contribution in [-0.4, -0.2) is 41.4 Å². The number of aromatic nitrogens is 1. The van der Waals surface area contributed by atoms with Gasteiger partial charge in [0, 0.05) is 29.7 Å². The Balaban J connectivity index is 1.40. The maximum atomic E-state index is 13.1. The van der Waals surface area contributed by atoms with E-state index in [4.69, 9.17) is 4.74 Å². The molecule has 1 atom stereocenters. The normalized spacial score (nSPS) is 19.6. The summed E-state index contributed by atoms with van der Waals surface area (Å²) in [6.07, 6.45) is -3.93. The van der Waals surface area contributed by atoms with Gasteiger partial charge in [0.1, 0.15) is 5.75 Å². The number of hydrogen-bond acceptors (Lipinski definition) is 4. The van der Waals surface area contributed by atoms with Crippen molar-refractivity contribution in [2.24, 2.45) is 0 Å². The van der Waals surface area contributed by atoms with Crippen molar-refractivity contribution in [2.45, 2.75) is 31.6 Å². The number of methoxy groups -OCH3 is 1. The lowest BCUT2D eigenvalue weighted by atomic mass is 10.0. The Morgan fingerprint density at radius 1 is 1.12 bits per heavy atom. The van der Waals surface area contributed by atoms with Crippen molar-refractivity contribution in [1.29, 1.82) is 0 Å². The standard InChI is InChI=1S/C23H20F3N3O3/c1-32-15-5-6-18-17(10-15)16-7-8-28(12-19(16)27-18)20-11-21(30)29(22(20)31)14-4-2-3-13(9-14)23(24,25)26/h2-6,9-10,20,27H,7-8,11-12H2,1H3/t20-/m1/s1. The van der Waals surface area contributed by atoms with E-state index in [9.17, 15) is 22.8 Å². The van der Waals surface area contributed by atoms with Gasteiger partial charge in [-0.05, 0) is 48.4 Å². The second kappa shape index (κ2) is 7.37. The third-order valence-electron chi connectivity index (χ3n) is 6.21. The number of halogens is 3. The van der Waals surface area contributed by atoms with Crippen LogP contribution in [0.1, 0.15) is 23.2 Å². The fourth-order valence-corrected chi connectivity index (χ4v) is 4.63. The molecular formula is C23H20F3N3O3. The molecule has 0 radical (unpaired) electrons. The molecule has 0 bridgehead atoms. The van der Waals surface area contributed by atoms with Crippen LogP contribution in [0, 0.1) is 0 Å². The van der Waals surface area contributed by atoms with E-state index in [1.165, 1.54) is 12.1 Å². The summed E-state index contributed by atoms with van der Waals surface area (Å²) in [5, 5.41) is 1.07. The van der Waals surface area contributed by atoms with E-state index in [1.807, 2.05) is 23.1 Å². The predicted octanol–water partition coefficient (Wildman–Crippen LogP) is 3.89. The molecule has 1 aromatic heterocycles. The summed E-state index contributed by atoms with van der Waals surface area (Å²) in [5.41, 5.74) is 2.15. The summed E-state index contributed by atoms with van der Waals surface area (Å²) >= 11 is 0. The van der Waals surface area contributed by atoms with Gasteiger partial charge in [0.15, 0.2) is 0 Å². The summed E-state index contributed by atoms with van der Waals surface area (Å²) in [6, 6.07) is 9.40. The van der Waals surface area contributed by atoms with Gasteiger partial charge in [-0.25, -0.2) is 4.90 Å². The number of hydrogen-bond donors (Lipinski definition) is 1. The second-order valence-corrected chi connectivity index (χ2v) is 8.05. The van der Waals surface area contributed by atoms with Gasteiger partial charge in [0.25, 0.3) is 5.91 Å². The fraction of sp³-hybridized carbons (Fsp3) is 0.304. The van der Waals surface area contributed by atoms with E-state index in [0.717, 1.165) is 44.9 Å². The van der Waals surface area contributed by atoms with Crippen LogP contribution < -0.4 is 9.64 Å². The van der Waals surface area contributed by atoms with Gasteiger partial charge < -0.3 is 9.72 Å². The second-order valence-electron chi connectivity index (χ2n) is 8.05. The van der Waals surface area contributed by atoms with Crippen LogP contribution >= 0.6 is 0 Å². The zero-order valence-electron chi connectivity index (χ0n) is 17.2. The van der Waals surface area contributed by atoms with E-state index in [-0.39, 0.29) is 12.1 Å². The average molecular weight is 443 g/mol. The average Bonchev–Trinajstić information content (AvgIpc) is 3.28. The molecule has 1 N–H and O–H groups in total. The van der Waals surface area contributed by atoms with Crippen LogP contribution in [-0.2, 0) is 28.7 Å². The lowest BCUT2D eigenvalue weighted by Crippen LogP contribution is -2.44. The van der Waals surface area contributed by atoms with Crippen molar-refractivity contribution in [3.05, 3.63) is 59.3 Å². The minimum Gasteiger partial charge on any atom is -0.497 e. The predicted molar refractivity (Wildman–Crippen MR) is 111 cm³/mol. The molecule has 1 fully saturated rings. The van der Waals surface area contributed by atoms with E-state index in [2.05, 4.69) is 4.98 Å². The topological polar surface area (TPSA) is 65.6 Å². The number of ether oxygens (including phenoxy) is 1. The third-order valence-corrected chi connectivity index (χ3v) is 6.21. The smallest absolute Gasteiger partial charge is 0.416 e. The van der Waals surface area contributed by atoms with Crippen LogP contribution in [0.3, 0.4) is 0 Å². The van der Waals surface area contributed by atoms with Crippen LogP contribution in [0.15, 0.2) is 42.5 Å². The Bertz CT molecular complexity index is 1230. The molecule has 0 spiro atoms. The van der Waals surface area contributed by atoms with Gasteiger partial charge in [0.05, 0.1) is 30.8 Å². The largest absolute Gasteiger partial charge is 0.497 e. The fourth-order valence-electron chi connectivity index (χ4n) is 4.63. The van der Waals surface area contributed by atoms with Crippen LogP contribution in [0.4, 0.5) is 18.9 Å². The molecule has 1 saturated heterocycles. The monoisotopic (exact) mass is 443 g/mol. The Morgan fingerprint density at radius 2 is 1.94 bits per heavy atom. The first-order chi connectivity index (χ1) is 15.3. The maximum Gasteiger partial charge on any atom is 0.416 e. The number of nitrogens with one attached hydrogen (secondary N) is 1. The highest BCUT2D eigenvalue weighted by Gasteiger charge is 2.44. The molecule has 2 aromatic carbocycles. The maximum absolute atomic E-state index is 13.1. The van der Waals surface area contributed by atoms with Crippen molar-refractivity contribution >= 4 is 28.4 Å². The number of carbonyl (C=O) groups is 2. The van der Waals surface area contributed by atoms with Crippen LogP contribution in [0.5, 0.6) is 5.75 Å². The number of anilines is 1. The highest BCUT2D eigenvalue weighted by atomic mass is 19.4. The van der Waals surface area contributed by atoms with Crippen molar-refractivity contribution in [3.8, 4) is 5.75 Å². The number of alkyl halides is 3. The highest BCUT2D eigenvalue weighted by Crippen LogP contribution is 2.35. The number of carbonyl (C=O) groups excluding carboxylic acids is 2. The van der Waals surface area contributed by atoms with Crippen molar-refractivity contribution < 1.29 is 27.5 Å². The summed E-state index contributed by atoms with van der Waals surface area (Å²) < 4.78 is 44.6. The molecular weight excluding hydrogens is 423 g/mol. The Labute approximate surface area is 181 Å². The molecule has 0 saturated carbocycles. The molecule has 0 unspecified atom stereocenters. The third kappa shape index (κ3) is 3.33. The molecule has 6 nitrogen and oxygen atoms in total. The first-order valence-electron chi connectivity index (χ1n) is 10.2. The molecule has 5 rings (SSSR count). The molecule has 2 aliphatic rings. The van der Waals surface area contributed by atoms with Gasteiger partial charge in [-0.15, -0.1) is 0 Å². The quantitative estimate of drug-likeness (QED) is 0.624. The molecule has 0 aliphatic carbocycles. The Morgan fingerprint density at radius 3 is 2.69 bits per heavy atom. The van der Waals surface area contributed by atoms with E-state index >= 15 is 0 Å².